The highest BCUT2D eigenvalue weighted by Crippen LogP contribution is 2.33. The quantitative estimate of drug-likeness (QED) is 0.758. The largest absolute Gasteiger partial charge is 0.445 e. The lowest BCUT2D eigenvalue weighted by Gasteiger charge is -2.00. The number of hydrogen-bond acceptors (Lipinski definition) is 5. The van der Waals surface area contributed by atoms with Gasteiger partial charge in [0.05, 0.1) is 5.75 Å². The maximum Gasteiger partial charge on any atom is 0.445 e. The molecule has 0 amide bonds. The SMILES string of the molecule is CCCCCCS(=O)(=O)c1nnc(C(F)(F)F)s1. The van der Waals surface area contributed by atoms with Crippen LogP contribution in [0.3, 0.4) is 0 Å². The molecule has 0 aliphatic heterocycles. The number of alkyl halides is 3. The molecule has 104 valence electrons. The van der Waals surface area contributed by atoms with Gasteiger partial charge in [0.2, 0.25) is 19.2 Å². The summed E-state index contributed by atoms with van der Waals surface area (Å²) in [6, 6.07) is 0. The van der Waals surface area contributed by atoms with Crippen LogP contribution >= 0.6 is 11.3 Å². The Morgan fingerprint density at radius 2 is 1.83 bits per heavy atom. The molecule has 9 heteroatoms. The van der Waals surface area contributed by atoms with Crippen LogP contribution < -0.4 is 0 Å². The predicted octanol–water partition coefficient (Wildman–Crippen LogP) is 2.91. The average Bonchev–Trinajstić information content (AvgIpc) is 2.73. The van der Waals surface area contributed by atoms with Crippen molar-refractivity contribution in [1.29, 1.82) is 0 Å². The van der Waals surface area contributed by atoms with Crippen molar-refractivity contribution in [3.05, 3.63) is 5.01 Å². The molecule has 1 heterocycles. The Morgan fingerprint density at radius 1 is 1.17 bits per heavy atom. The van der Waals surface area contributed by atoms with Crippen LogP contribution in [-0.4, -0.2) is 24.4 Å². The Balaban J connectivity index is 2.71. The van der Waals surface area contributed by atoms with Crippen molar-refractivity contribution in [2.75, 3.05) is 5.75 Å². The van der Waals surface area contributed by atoms with E-state index in [9.17, 15) is 21.6 Å². The van der Waals surface area contributed by atoms with Crippen LogP contribution in [0, 0.1) is 0 Å². The van der Waals surface area contributed by atoms with Crippen LogP contribution in [0.15, 0.2) is 4.34 Å². The predicted molar refractivity (Wildman–Crippen MR) is 61.1 cm³/mol. The number of unbranched alkanes of at least 4 members (excludes halogenated alkanes) is 3. The molecule has 18 heavy (non-hydrogen) atoms. The van der Waals surface area contributed by atoms with Gasteiger partial charge in [-0.05, 0) is 6.42 Å². The minimum absolute atomic E-state index is 0.0754. The maximum atomic E-state index is 12.3. The third-order valence-corrected chi connectivity index (χ3v) is 5.40. The normalized spacial score (nSPS) is 12.9. The third-order valence-electron chi connectivity index (χ3n) is 2.18. The number of aromatic nitrogens is 2. The maximum absolute atomic E-state index is 12.3. The fraction of sp³-hybridized carbons (Fsp3) is 0.778. The molecular weight excluding hydrogens is 289 g/mol. The molecule has 1 aromatic rings. The minimum atomic E-state index is -4.65. The topological polar surface area (TPSA) is 59.9 Å². The zero-order chi connectivity index (χ0) is 13.8. The molecule has 0 aliphatic carbocycles. The summed E-state index contributed by atoms with van der Waals surface area (Å²) in [6.07, 6.45) is -1.62. The summed E-state index contributed by atoms with van der Waals surface area (Å²) in [7, 11) is -3.74. The number of rotatable bonds is 6. The van der Waals surface area contributed by atoms with Crippen molar-refractivity contribution in [3.8, 4) is 0 Å². The lowest BCUT2D eigenvalue weighted by molar-refractivity contribution is -0.138. The molecule has 1 rings (SSSR count). The van der Waals surface area contributed by atoms with Crippen LogP contribution in [0.1, 0.15) is 37.6 Å². The Morgan fingerprint density at radius 3 is 2.33 bits per heavy atom. The summed E-state index contributed by atoms with van der Waals surface area (Å²) < 4.78 is 59.6. The molecule has 1 aromatic heterocycles. The van der Waals surface area contributed by atoms with Crippen LogP contribution in [0.2, 0.25) is 0 Å². The summed E-state index contributed by atoms with van der Waals surface area (Å²) >= 11 is 0.0754. The van der Waals surface area contributed by atoms with Gasteiger partial charge >= 0.3 is 6.18 Å². The second kappa shape index (κ2) is 5.96. The number of halogens is 3. The number of hydrogen-bond donors (Lipinski definition) is 0. The summed E-state index contributed by atoms with van der Waals surface area (Å²) in [4.78, 5) is 0. The highest BCUT2D eigenvalue weighted by atomic mass is 32.2. The van der Waals surface area contributed by atoms with Gasteiger partial charge in [-0.25, -0.2) is 8.42 Å². The molecule has 0 atom stereocenters. The van der Waals surface area contributed by atoms with E-state index >= 15 is 0 Å². The van der Waals surface area contributed by atoms with E-state index in [0.29, 0.717) is 6.42 Å². The second-order valence-corrected chi connectivity index (χ2v) is 7.01. The highest BCUT2D eigenvalue weighted by Gasteiger charge is 2.37. The Bertz CT molecular complexity index is 482. The van der Waals surface area contributed by atoms with E-state index in [4.69, 9.17) is 0 Å². The Labute approximate surface area is 107 Å². The first-order chi connectivity index (χ1) is 8.27. The van der Waals surface area contributed by atoms with Gasteiger partial charge in [-0.2, -0.15) is 13.2 Å². The summed E-state index contributed by atoms with van der Waals surface area (Å²) in [5.74, 6) is -0.181. The van der Waals surface area contributed by atoms with Crippen molar-refractivity contribution in [2.24, 2.45) is 0 Å². The van der Waals surface area contributed by atoms with Crippen molar-refractivity contribution in [2.45, 2.75) is 43.1 Å². The molecule has 0 aliphatic rings. The van der Waals surface area contributed by atoms with Crippen molar-refractivity contribution < 1.29 is 21.6 Å². The molecule has 0 fully saturated rings. The van der Waals surface area contributed by atoms with Crippen LogP contribution in [0.4, 0.5) is 13.2 Å². The summed E-state index contributed by atoms with van der Waals surface area (Å²) in [5, 5.41) is 4.75. The van der Waals surface area contributed by atoms with Gasteiger partial charge in [-0.15, -0.1) is 10.2 Å². The van der Waals surface area contributed by atoms with E-state index < -0.39 is 25.4 Å². The third kappa shape index (κ3) is 4.20. The van der Waals surface area contributed by atoms with E-state index in [-0.39, 0.29) is 17.1 Å². The molecule has 0 N–H and O–H groups in total. The second-order valence-electron chi connectivity index (χ2n) is 3.75. The minimum Gasteiger partial charge on any atom is -0.221 e. The lowest BCUT2D eigenvalue weighted by Crippen LogP contribution is -2.06. The molecule has 0 unspecified atom stereocenters. The van der Waals surface area contributed by atoms with Crippen molar-refractivity contribution >= 4 is 21.2 Å². The first-order valence-corrected chi connectivity index (χ1v) is 7.87. The smallest absolute Gasteiger partial charge is 0.221 e. The van der Waals surface area contributed by atoms with E-state index in [0.717, 1.165) is 19.3 Å². The molecule has 4 nitrogen and oxygen atoms in total. The van der Waals surface area contributed by atoms with E-state index in [2.05, 4.69) is 10.2 Å². The highest BCUT2D eigenvalue weighted by molar-refractivity contribution is 7.93. The van der Waals surface area contributed by atoms with Crippen LogP contribution in [0.5, 0.6) is 0 Å². The fourth-order valence-electron chi connectivity index (χ4n) is 1.26. The van der Waals surface area contributed by atoms with Gasteiger partial charge < -0.3 is 0 Å². The van der Waals surface area contributed by atoms with E-state index in [1.54, 1.807) is 0 Å². The number of nitrogens with zero attached hydrogens (tertiary/aromatic N) is 2. The first-order valence-electron chi connectivity index (χ1n) is 5.41. The zero-order valence-electron chi connectivity index (χ0n) is 9.70. The summed E-state index contributed by atoms with van der Waals surface area (Å²) in [5.41, 5.74) is 0. The fourth-order valence-corrected chi connectivity index (χ4v) is 3.62. The van der Waals surface area contributed by atoms with E-state index in [1.807, 2.05) is 6.92 Å². The Hall–Kier alpha value is -0.700. The van der Waals surface area contributed by atoms with Crippen molar-refractivity contribution in [1.82, 2.24) is 10.2 Å². The molecule has 0 saturated carbocycles. The van der Waals surface area contributed by atoms with Gasteiger partial charge in [0.1, 0.15) is 0 Å². The molecule has 0 bridgehead atoms. The molecule has 0 radical (unpaired) electrons. The lowest BCUT2D eigenvalue weighted by atomic mass is 10.2. The zero-order valence-corrected chi connectivity index (χ0v) is 11.3. The van der Waals surface area contributed by atoms with Gasteiger partial charge in [-0.3, -0.25) is 0 Å². The van der Waals surface area contributed by atoms with Crippen molar-refractivity contribution in [3.63, 3.8) is 0 Å². The van der Waals surface area contributed by atoms with Gasteiger partial charge in [0, 0.05) is 0 Å². The van der Waals surface area contributed by atoms with E-state index in [1.165, 1.54) is 0 Å². The molecular formula is C9H13F3N2O2S2. The Kier molecular flexibility index (Phi) is 5.09. The molecule has 0 spiro atoms. The monoisotopic (exact) mass is 302 g/mol. The standard InChI is InChI=1S/C9H13F3N2O2S2/c1-2-3-4-5-6-18(15,16)8-14-13-7(17-8)9(10,11)12/h2-6H2,1H3. The summed E-state index contributed by atoms with van der Waals surface area (Å²) in [6.45, 7) is 1.98. The molecule has 0 aromatic carbocycles. The van der Waals surface area contributed by atoms with Crippen LogP contribution in [-0.2, 0) is 16.0 Å². The van der Waals surface area contributed by atoms with Gasteiger partial charge in [-0.1, -0.05) is 37.5 Å². The van der Waals surface area contributed by atoms with Gasteiger partial charge in [0.15, 0.2) is 0 Å². The average molecular weight is 302 g/mol. The van der Waals surface area contributed by atoms with Gasteiger partial charge in [0.25, 0.3) is 0 Å². The number of sulfone groups is 1. The first kappa shape index (κ1) is 15.4. The van der Waals surface area contributed by atoms with Crippen LogP contribution in [0.25, 0.3) is 0 Å². The molecule has 0 saturated heterocycles.